The third-order valence-electron chi connectivity index (χ3n) is 5.14. The number of nitriles is 1. The van der Waals surface area contributed by atoms with Gasteiger partial charge in [-0.3, -0.25) is 0 Å². The number of amides is 1. The van der Waals surface area contributed by atoms with Gasteiger partial charge in [0.2, 0.25) is 0 Å². The molecule has 0 unspecified atom stereocenters. The third kappa shape index (κ3) is 4.85. The Balaban J connectivity index is 1.77. The molecular formula is C20H24F2N4O2Sn. The van der Waals surface area contributed by atoms with Gasteiger partial charge in [0.15, 0.2) is 0 Å². The first-order valence-corrected chi connectivity index (χ1v) is 19.4. The van der Waals surface area contributed by atoms with Crippen molar-refractivity contribution in [1.29, 1.82) is 5.26 Å². The number of nitrogens with zero attached hydrogens (tertiary/aromatic N) is 3. The van der Waals surface area contributed by atoms with E-state index in [0.29, 0.717) is 11.1 Å². The van der Waals surface area contributed by atoms with Crippen molar-refractivity contribution in [2.75, 3.05) is 13.1 Å². The monoisotopic (exact) mass is 510 g/mol. The van der Waals surface area contributed by atoms with Crippen LogP contribution in [0.4, 0.5) is 8.78 Å². The van der Waals surface area contributed by atoms with Crippen LogP contribution in [0.25, 0.3) is 10.9 Å². The maximum absolute atomic E-state index is 13.6. The van der Waals surface area contributed by atoms with Crippen LogP contribution in [0.1, 0.15) is 16.8 Å². The molecule has 0 saturated carbocycles. The van der Waals surface area contributed by atoms with E-state index in [-0.39, 0.29) is 6.54 Å². The third-order valence-corrected chi connectivity index (χ3v) is 11.0. The van der Waals surface area contributed by atoms with Crippen LogP contribution in [-0.4, -0.2) is 70.6 Å². The van der Waals surface area contributed by atoms with E-state index < -0.39 is 55.4 Å². The van der Waals surface area contributed by atoms with E-state index in [1.807, 2.05) is 12.1 Å². The summed E-state index contributed by atoms with van der Waals surface area (Å²) in [6.07, 6.45) is -0.447. The number of carbonyl (C=O) groups is 1. The molecule has 0 bridgehead atoms. The van der Waals surface area contributed by atoms with Crippen LogP contribution in [0.5, 0.6) is 0 Å². The number of aliphatic hydroxyl groups is 1. The molecule has 6 nitrogen and oxygen atoms in total. The van der Waals surface area contributed by atoms with Gasteiger partial charge in [-0.2, -0.15) is 0 Å². The van der Waals surface area contributed by atoms with Crippen molar-refractivity contribution < 1.29 is 18.7 Å². The molecule has 1 amide bonds. The average molecular weight is 509 g/mol. The van der Waals surface area contributed by atoms with Crippen LogP contribution < -0.4 is 8.90 Å². The van der Waals surface area contributed by atoms with Gasteiger partial charge in [-0.1, -0.05) is 0 Å². The summed E-state index contributed by atoms with van der Waals surface area (Å²) in [6.45, 7) is -0.961. The zero-order chi connectivity index (χ0) is 21.4. The van der Waals surface area contributed by atoms with E-state index >= 15 is 0 Å². The SMILES string of the molecule is [CH3][Sn]([CH3])([CH3])[c]1ccc2nccc(C(=O)NC[C@H](O)N3CC(F)(F)C[C@H]3C#N)c2c1. The quantitative estimate of drug-likeness (QED) is 0.603. The molecule has 3 rings (SSSR count). The summed E-state index contributed by atoms with van der Waals surface area (Å²) < 4.78 is 28.4. The summed E-state index contributed by atoms with van der Waals surface area (Å²) in [6, 6.07) is 8.28. The van der Waals surface area contributed by atoms with E-state index in [1.165, 1.54) is 3.58 Å². The Labute approximate surface area is 172 Å². The summed E-state index contributed by atoms with van der Waals surface area (Å²) in [5.74, 6) is -3.45. The van der Waals surface area contributed by atoms with E-state index in [9.17, 15) is 18.7 Å². The number of benzene rings is 1. The molecule has 2 aromatic rings. The Morgan fingerprint density at radius 1 is 1.45 bits per heavy atom. The second-order valence-corrected chi connectivity index (χ2v) is 22.9. The predicted octanol–water partition coefficient (Wildman–Crippen LogP) is 2.06. The molecule has 9 heteroatoms. The maximum atomic E-state index is 13.6. The van der Waals surface area contributed by atoms with Gasteiger partial charge in [-0.05, 0) is 0 Å². The van der Waals surface area contributed by atoms with Gasteiger partial charge in [0, 0.05) is 0 Å². The summed E-state index contributed by atoms with van der Waals surface area (Å²) in [5, 5.41) is 22.7. The van der Waals surface area contributed by atoms with Gasteiger partial charge in [0.1, 0.15) is 0 Å². The Kier molecular flexibility index (Phi) is 6.13. The number of likely N-dealkylation sites (tertiary alicyclic amines) is 1. The number of rotatable bonds is 5. The number of alkyl halides is 2. The van der Waals surface area contributed by atoms with Gasteiger partial charge in [-0.15, -0.1) is 0 Å². The zero-order valence-corrected chi connectivity index (χ0v) is 19.5. The predicted molar refractivity (Wildman–Crippen MR) is 109 cm³/mol. The van der Waals surface area contributed by atoms with Crippen LogP contribution in [0.3, 0.4) is 0 Å². The molecule has 0 aliphatic carbocycles. The number of aromatic nitrogens is 1. The van der Waals surface area contributed by atoms with Gasteiger partial charge >= 0.3 is 173 Å². The van der Waals surface area contributed by atoms with Crippen molar-refractivity contribution in [3.05, 3.63) is 36.0 Å². The van der Waals surface area contributed by atoms with Gasteiger partial charge in [-0.25, -0.2) is 0 Å². The number of carbonyl (C=O) groups excluding carboxylic acids is 1. The molecule has 1 aliphatic rings. The number of fused-ring (bicyclic) bond motifs is 1. The Morgan fingerprint density at radius 3 is 2.83 bits per heavy atom. The Morgan fingerprint density at radius 2 is 2.17 bits per heavy atom. The van der Waals surface area contributed by atoms with Crippen LogP contribution in [0.2, 0.25) is 14.8 Å². The molecule has 2 heterocycles. The first-order valence-electron chi connectivity index (χ1n) is 9.40. The van der Waals surface area contributed by atoms with Crippen molar-refractivity contribution in [2.24, 2.45) is 0 Å². The first-order chi connectivity index (χ1) is 13.5. The average Bonchev–Trinajstić information content (AvgIpc) is 2.99. The number of hydrogen-bond acceptors (Lipinski definition) is 5. The fourth-order valence-corrected chi connectivity index (χ4v) is 6.79. The second kappa shape index (κ2) is 8.13. The molecule has 154 valence electrons. The summed E-state index contributed by atoms with van der Waals surface area (Å²) in [4.78, 5) is 24.9. The number of hydrogen-bond donors (Lipinski definition) is 2. The zero-order valence-electron chi connectivity index (χ0n) is 16.6. The van der Waals surface area contributed by atoms with Gasteiger partial charge < -0.3 is 0 Å². The van der Waals surface area contributed by atoms with Crippen molar-refractivity contribution in [2.45, 2.75) is 39.4 Å². The number of nitrogens with one attached hydrogen (secondary N) is 1. The summed E-state index contributed by atoms with van der Waals surface area (Å²) in [5.41, 5.74) is 1.12. The van der Waals surface area contributed by atoms with E-state index in [0.717, 1.165) is 10.3 Å². The van der Waals surface area contributed by atoms with Crippen LogP contribution in [0, 0.1) is 11.3 Å². The second-order valence-electron chi connectivity index (χ2n) is 8.41. The number of pyridine rings is 1. The number of aliphatic hydroxyl groups excluding tert-OH is 1. The van der Waals surface area contributed by atoms with Gasteiger partial charge in [0.25, 0.3) is 0 Å². The van der Waals surface area contributed by atoms with Crippen molar-refractivity contribution in [3.63, 3.8) is 0 Å². The molecule has 1 aromatic carbocycles. The van der Waals surface area contributed by atoms with Crippen molar-refractivity contribution in [1.82, 2.24) is 15.2 Å². The van der Waals surface area contributed by atoms with Gasteiger partial charge in [0.05, 0.1) is 0 Å². The van der Waals surface area contributed by atoms with E-state index in [4.69, 9.17) is 5.26 Å². The van der Waals surface area contributed by atoms with Crippen molar-refractivity contribution >= 4 is 38.8 Å². The molecule has 2 atom stereocenters. The molecule has 29 heavy (non-hydrogen) atoms. The minimum absolute atomic E-state index is 0.255. The Bertz CT molecular complexity index is 971. The van der Waals surface area contributed by atoms with Crippen LogP contribution in [-0.2, 0) is 0 Å². The standard InChI is InChI=1S/C17H15F2N4O2.3CH3.Sn/c18-17(19)7-11(8-20)23(10-17)15(24)9-22-16(25)13-5-6-21-14-4-2-1-3-12(13)14;;;;/h2-6,11,15,24H,7,9-10H2,(H,22,25);3*1H3;/t11-,15-;;;;/m0..../s1. The normalized spacial score (nSPS) is 20.4. The topological polar surface area (TPSA) is 89.2 Å². The molecule has 1 saturated heterocycles. The number of halogens is 2. The molecule has 2 N–H and O–H groups in total. The molecule has 0 spiro atoms. The van der Waals surface area contributed by atoms with Crippen LogP contribution in [0.15, 0.2) is 30.5 Å². The fraction of sp³-hybridized carbons (Fsp3) is 0.450. The molecule has 1 fully saturated rings. The van der Waals surface area contributed by atoms with Crippen molar-refractivity contribution in [3.8, 4) is 6.07 Å². The fourth-order valence-electron chi connectivity index (χ4n) is 3.48. The summed E-state index contributed by atoms with van der Waals surface area (Å²) in [7, 11) is 0. The summed E-state index contributed by atoms with van der Waals surface area (Å²) >= 11 is -2.36. The van der Waals surface area contributed by atoms with E-state index in [2.05, 4.69) is 31.2 Å². The van der Waals surface area contributed by atoms with Crippen LogP contribution >= 0.6 is 0 Å². The molecular weight excluding hydrogens is 485 g/mol. The Hall–Kier alpha value is -1.83. The first kappa shape index (κ1) is 21.9. The molecule has 0 radical (unpaired) electrons. The van der Waals surface area contributed by atoms with E-state index in [1.54, 1.807) is 18.3 Å². The molecule has 1 aromatic heterocycles. The minimum atomic E-state index is -3.03. The molecule has 1 aliphatic heterocycles.